The number of nitrogens with one attached hydrogen (secondary N) is 1. The molecule has 0 unspecified atom stereocenters. The van der Waals surface area contributed by atoms with E-state index in [4.69, 9.17) is 0 Å². The maximum atomic E-state index is 4.61. The molecule has 0 spiro atoms. The number of anilines is 1. The second-order valence-corrected chi connectivity index (χ2v) is 5.81. The van der Waals surface area contributed by atoms with Crippen molar-refractivity contribution in [2.75, 3.05) is 31.1 Å². The summed E-state index contributed by atoms with van der Waals surface area (Å²) in [6.07, 6.45) is 2.59. The Morgan fingerprint density at radius 3 is 2.84 bits per heavy atom. The Morgan fingerprint density at radius 1 is 1.16 bits per heavy atom. The third-order valence-corrected chi connectivity index (χ3v) is 4.56. The second kappa shape index (κ2) is 4.23. The van der Waals surface area contributed by atoms with Crippen molar-refractivity contribution in [2.24, 2.45) is 0 Å². The summed E-state index contributed by atoms with van der Waals surface area (Å²) in [5, 5.41) is 0. The first-order chi connectivity index (χ1) is 9.29. The molecule has 0 atom stereocenters. The Balaban J connectivity index is 1.72. The topological polar surface area (TPSA) is 35.2 Å². The molecule has 5 heterocycles. The lowest BCUT2D eigenvalue weighted by atomic mass is 10.1. The molecule has 2 bridgehead atoms. The lowest BCUT2D eigenvalue weighted by molar-refractivity contribution is 0.250. The monoisotopic (exact) mass is 256 g/mol. The maximum Gasteiger partial charge on any atom is 0.108 e. The van der Waals surface area contributed by atoms with Gasteiger partial charge in [-0.15, -0.1) is 0 Å². The van der Waals surface area contributed by atoms with Gasteiger partial charge in [0.2, 0.25) is 0 Å². The van der Waals surface area contributed by atoms with Crippen LogP contribution in [0.15, 0.2) is 18.2 Å². The van der Waals surface area contributed by atoms with E-state index >= 15 is 0 Å². The molecule has 2 aromatic heterocycles. The molecule has 0 aliphatic carbocycles. The molecule has 0 aromatic carbocycles. The summed E-state index contributed by atoms with van der Waals surface area (Å²) in [6, 6.07) is 7.13. The molecule has 100 valence electrons. The predicted octanol–water partition coefficient (Wildman–Crippen LogP) is 2.16. The van der Waals surface area contributed by atoms with E-state index in [0.29, 0.717) is 6.04 Å². The van der Waals surface area contributed by atoms with Gasteiger partial charge in [0, 0.05) is 44.0 Å². The van der Waals surface area contributed by atoms with E-state index in [-0.39, 0.29) is 0 Å². The van der Waals surface area contributed by atoms with Crippen molar-refractivity contribution in [3.8, 4) is 0 Å². The minimum atomic E-state index is 0.702. The van der Waals surface area contributed by atoms with Crippen LogP contribution in [0.1, 0.15) is 18.5 Å². The fourth-order valence-corrected chi connectivity index (χ4v) is 3.45. The van der Waals surface area contributed by atoms with Gasteiger partial charge in [0.15, 0.2) is 0 Å². The zero-order chi connectivity index (χ0) is 12.8. The average Bonchev–Trinajstić information content (AvgIpc) is 2.61. The SMILES string of the molecule is Cc1ccc2[nH]c(N3CCN4CCC3CC4)cc2n1. The van der Waals surface area contributed by atoms with E-state index in [2.05, 4.69) is 38.0 Å². The van der Waals surface area contributed by atoms with Gasteiger partial charge >= 0.3 is 0 Å². The van der Waals surface area contributed by atoms with Crippen LogP contribution < -0.4 is 4.90 Å². The highest BCUT2D eigenvalue weighted by Crippen LogP contribution is 2.28. The second-order valence-electron chi connectivity index (χ2n) is 5.81. The summed E-state index contributed by atoms with van der Waals surface area (Å²) >= 11 is 0. The minimum Gasteiger partial charge on any atom is -0.354 e. The van der Waals surface area contributed by atoms with E-state index in [9.17, 15) is 0 Å². The lowest BCUT2D eigenvalue weighted by Gasteiger charge is -2.31. The van der Waals surface area contributed by atoms with Crippen molar-refractivity contribution in [3.63, 3.8) is 0 Å². The van der Waals surface area contributed by atoms with Crippen LogP contribution in [0.25, 0.3) is 11.0 Å². The van der Waals surface area contributed by atoms with Gasteiger partial charge in [-0.3, -0.25) is 4.98 Å². The normalized spacial score (nSPS) is 26.9. The van der Waals surface area contributed by atoms with Gasteiger partial charge in [-0.05, 0) is 31.9 Å². The highest BCUT2D eigenvalue weighted by molar-refractivity contribution is 5.80. The minimum absolute atomic E-state index is 0.702. The van der Waals surface area contributed by atoms with Crippen LogP contribution in [0.5, 0.6) is 0 Å². The molecule has 0 saturated carbocycles. The fraction of sp³-hybridized carbons (Fsp3) is 0.533. The van der Waals surface area contributed by atoms with Crippen molar-refractivity contribution in [1.82, 2.24) is 14.9 Å². The van der Waals surface area contributed by atoms with E-state index in [1.165, 1.54) is 38.3 Å². The first kappa shape index (κ1) is 11.3. The highest BCUT2D eigenvalue weighted by Gasteiger charge is 2.29. The van der Waals surface area contributed by atoms with E-state index in [1.807, 2.05) is 6.92 Å². The summed E-state index contributed by atoms with van der Waals surface area (Å²) in [7, 11) is 0. The summed E-state index contributed by atoms with van der Waals surface area (Å²) in [6.45, 7) is 6.90. The molecular formula is C15H20N4. The summed E-state index contributed by atoms with van der Waals surface area (Å²) in [5.74, 6) is 1.25. The third-order valence-electron chi connectivity index (χ3n) is 4.56. The summed E-state index contributed by atoms with van der Waals surface area (Å²) in [5.41, 5.74) is 3.33. The third kappa shape index (κ3) is 1.91. The van der Waals surface area contributed by atoms with E-state index < -0.39 is 0 Å². The number of aromatic nitrogens is 2. The average molecular weight is 256 g/mol. The molecule has 2 aromatic rings. The van der Waals surface area contributed by atoms with E-state index in [1.54, 1.807) is 0 Å². The molecule has 3 saturated heterocycles. The lowest BCUT2D eigenvalue weighted by Crippen LogP contribution is -2.38. The number of hydrogen-bond acceptors (Lipinski definition) is 3. The Bertz CT molecular complexity index is 595. The number of aromatic amines is 1. The van der Waals surface area contributed by atoms with Crippen LogP contribution in [0.4, 0.5) is 5.82 Å². The quantitative estimate of drug-likeness (QED) is 0.849. The van der Waals surface area contributed by atoms with Gasteiger partial charge in [0.1, 0.15) is 5.82 Å². The fourth-order valence-electron chi connectivity index (χ4n) is 3.45. The number of fused-ring (bicyclic) bond motifs is 5. The number of nitrogens with zero attached hydrogens (tertiary/aromatic N) is 3. The number of rotatable bonds is 1. The molecule has 0 radical (unpaired) electrons. The van der Waals surface area contributed by atoms with Crippen LogP contribution >= 0.6 is 0 Å². The molecule has 5 rings (SSSR count). The van der Waals surface area contributed by atoms with Crippen molar-refractivity contribution >= 4 is 16.9 Å². The molecule has 0 amide bonds. The van der Waals surface area contributed by atoms with Gasteiger partial charge in [-0.25, -0.2) is 0 Å². The summed E-state index contributed by atoms with van der Waals surface area (Å²) < 4.78 is 0. The first-order valence-electron chi connectivity index (χ1n) is 7.25. The Labute approximate surface area is 113 Å². The molecular weight excluding hydrogens is 236 g/mol. The van der Waals surface area contributed by atoms with Crippen LogP contribution in [0, 0.1) is 6.92 Å². The van der Waals surface area contributed by atoms with Crippen molar-refractivity contribution in [2.45, 2.75) is 25.8 Å². The predicted molar refractivity (Wildman–Crippen MR) is 77.6 cm³/mol. The molecule has 4 nitrogen and oxygen atoms in total. The molecule has 1 N–H and O–H groups in total. The van der Waals surface area contributed by atoms with Gasteiger partial charge in [0.25, 0.3) is 0 Å². The van der Waals surface area contributed by atoms with Crippen molar-refractivity contribution in [3.05, 3.63) is 23.9 Å². The molecule has 3 aliphatic heterocycles. The number of H-pyrrole nitrogens is 1. The zero-order valence-corrected chi connectivity index (χ0v) is 11.4. The Morgan fingerprint density at radius 2 is 2.00 bits per heavy atom. The summed E-state index contributed by atoms with van der Waals surface area (Å²) in [4.78, 5) is 13.3. The van der Waals surface area contributed by atoms with Gasteiger partial charge in [-0.2, -0.15) is 0 Å². The zero-order valence-electron chi connectivity index (χ0n) is 11.4. The van der Waals surface area contributed by atoms with Gasteiger partial charge < -0.3 is 14.8 Å². The van der Waals surface area contributed by atoms with Crippen molar-refractivity contribution < 1.29 is 0 Å². The number of pyridine rings is 1. The molecule has 4 heteroatoms. The first-order valence-corrected chi connectivity index (χ1v) is 7.25. The Kier molecular flexibility index (Phi) is 2.52. The number of aryl methyl sites for hydroxylation is 1. The number of piperidine rings is 1. The van der Waals surface area contributed by atoms with Gasteiger partial charge in [-0.1, -0.05) is 0 Å². The Hall–Kier alpha value is -1.55. The van der Waals surface area contributed by atoms with Crippen LogP contribution in [0.3, 0.4) is 0 Å². The highest BCUT2D eigenvalue weighted by atomic mass is 15.3. The number of hydrogen-bond donors (Lipinski definition) is 1. The standard InChI is InChI=1S/C15H20N4/c1-11-2-3-13-14(16-11)10-15(17-13)19-9-8-18-6-4-12(19)5-7-18/h2-3,10,12,17H,4-9H2,1H3. The molecule has 19 heavy (non-hydrogen) atoms. The van der Waals surface area contributed by atoms with Gasteiger partial charge in [0.05, 0.1) is 11.0 Å². The van der Waals surface area contributed by atoms with Crippen LogP contribution in [0.2, 0.25) is 0 Å². The van der Waals surface area contributed by atoms with Crippen molar-refractivity contribution in [1.29, 1.82) is 0 Å². The van der Waals surface area contributed by atoms with E-state index in [0.717, 1.165) is 23.3 Å². The maximum absolute atomic E-state index is 4.61. The molecule has 3 aliphatic rings. The van der Waals surface area contributed by atoms with Crippen LogP contribution in [-0.4, -0.2) is 47.1 Å². The largest absolute Gasteiger partial charge is 0.354 e. The smallest absolute Gasteiger partial charge is 0.108 e. The van der Waals surface area contributed by atoms with Crippen LogP contribution in [-0.2, 0) is 0 Å². The molecule has 3 fully saturated rings.